The van der Waals surface area contributed by atoms with Crippen LogP contribution in [0.2, 0.25) is 0 Å². The van der Waals surface area contributed by atoms with Gasteiger partial charge in [0.1, 0.15) is 22.7 Å². The molecule has 0 fully saturated rings. The van der Waals surface area contributed by atoms with Crippen LogP contribution >= 0.6 is 0 Å². The van der Waals surface area contributed by atoms with Crippen molar-refractivity contribution in [1.29, 1.82) is 0 Å². The summed E-state index contributed by atoms with van der Waals surface area (Å²) in [5, 5.41) is 11.8. The van der Waals surface area contributed by atoms with Crippen molar-refractivity contribution in [3.63, 3.8) is 0 Å². The average molecular weight is 429 g/mol. The molecule has 164 valence electrons. The Hall–Kier alpha value is -3.79. The van der Waals surface area contributed by atoms with Crippen LogP contribution in [0.5, 0.6) is 0 Å². The summed E-state index contributed by atoms with van der Waals surface area (Å²) in [6.45, 7) is 0. The zero-order valence-electron chi connectivity index (χ0n) is 16.5. The fourth-order valence-corrected chi connectivity index (χ4v) is 3.94. The van der Waals surface area contributed by atoms with Crippen molar-refractivity contribution in [2.45, 2.75) is 24.9 Å². The summed E-state index contributed by atoms with van der Waals surface area (Å²) >= 11 is 0. The maximum Gasteiger partial charge on any atom is 0.251 e. The standard InChI is InChI=1S/C21H23N3O7/c22-17(25)16(10-13-4-1-7-29-13)21(28,19(24)27)20(18(23)26,11-14-5-2-8-30-14)12-15-6-3-9-31-15/h1-9,16,28H,10-12H2,(H2,22,25)(H2,23,26)(H2,24,27). The second-order valence-electron chi connectivity index (χ2n) is 7.33. The van der Waals surface area contributed by atoms with E-state index in [2.05, 4.69) is 0 Å². The lowest BCUT2D eigenvalue weighted by atomic mass is 9.59. The lowest BCUT2D eigenvalue weighted by Crippen LogP contribution is -2.70. The molecule has 0 aliphatic carbocycles. The Labute approximate surface area is 177 Å². The van der Waals surface area contributed by atoms with Crippen LogP contribution in [0.1, 0.15) is 17.3 Å². The summed E-state index contributed by atoms with van der Waals surface area (Å²) in [5.41, 5.74) is 12.0. The van der Waals surface area contributed by atoms with Gasteiger partial charge in [-0.1, -0.05) is 0 Å². The molecule has 0 spiro atoms. The average Bonchev–Trinajstić information content (AvgIpc) is 3.47. The van der Waals surface area contributed by atoms with Crippen molar-refractivity contribution >= 4 is 17.7 Å². The molecule has 0 radical (unpaired) electrons. The van der Waals surface area contributed by atoms with Gasteiger partial charge in [-0.3, -0.25) is 14.4 Å². The van der Waals surface area contributed by atoms with Crippen molar-refractivity contribution in [3.8, 4) is 0 Å². The van der Waals surface area contributed by atoms with Crippen molar-refractivity contribution in [2.75, 3.05) is 0 Å². The quantitative estimate of drug-likeness (QED) is 0.336. The second kappa shape index (κ2) is 8.52. The summed E-state index contributed by atoms with van der Waals surface area (Å²) in [6.07, 6.45) is 3.06. The number of rotatable bonds is 11. The number of amides is 3. The molecule has 3 aromatic heterocycles. The number of primary amides is 3. The molecule has 3 heterocycles. The highest BCUT2D eigenvalue weighted by Gasteiger charge is 2.64. The number of nitrogens with two attached hydrogens (primary N) is 3. The number of carbonyl (C=O) groups excluding carboxylic acids is 3. The molecule has 0 aliphatic heterocycles. The molecule has 0 aliphatic rings. The Balaban J connectivity index is 2.22. The lowest BCUT2D eigenvalue weighted by Gasteiger charge is -2.45. The SMILES string of the molecule is NC(=O)C(Cc1ccco1)C(O)(C(N)=O)C(Cc1ccco1)(Cc1ccco1)C(N)=O. The van der Waals surface area contributed by atoms with Crippen molar-refractivity contribution in [3.05, 3.63) is 72.5 Å². The number of hydrogen-bond acceptors (Lipinski definition) is 7. The first-order valence-corrected chi connectivity index (χ1v) is 9.39. The van der Waals surface area contributed by atoms with Gasteiger partial charge in [0.25, 0.3) is 5.91 Å². The van der Waals surface area contributed by atoms with E-state index in [1.807, 2.05) is 0 Å². The highest BCUT2D eigenvalue weighted by molar-refractivity contribution is 5.98. The molecular weight excluding hydrogens is 406 g/mol. The molecule has 0 saturated heterocycles. The molecule has 31 heavy (non-hydrogen) atoms. The molecule has 2 atom stereocenters. The van der Waals surface area contributed by atoms with Crippen LogP contribution in [0.15, 0.2) is 68.4 Å². The van der Waals surface area contributed by atoms with E-state index in [0.29, 0.717) is 0 Å². The van der Waals surface area contributed by atoms with Gasteiger partial charge in [-0.2, -0.15) is 0 Å². The van der Waals surface area contributed by atoms with Gasteiger partial charge in [0, 0.05) is 19.3 Å². The molecule has 7 N–H and O–H groups in total. The van der Waals surface area contributed by atoms with Gasteiger partial charge in [0.15, 0.2) is 5.60 Å². The van der Waals surface area contributed by atoms with Crippen LogP contribution in [0.4, 0.5) is 0 Å². The molecular formula is C21H23N3O7. The fraction of sp³-hybridized carbons (Fsp3) is 0.286. The van der Waals surface area contributed by atoms with Crippen LogP contribution in [0.25, 0.3) is 0 Å². The lowest BCUT2D eigenvalue weighted by molar-refractivity contribution is -0.178. The van der Waals surface area contributed by atoms with Gasteiger partial charge in [-0.05, 0) is 36.4 Å². The van der Waals surface area contributed by atoms with E-state index in [4.69, 9.17) is 30.5 Å². The molecule has 3 rings (SSSR count). The van der Waals surface area contributed by atoms with Gasteiger partial charge < -0.3 is 35.6 Å². The van der Waals surface area contributed by atoms with Gasteiger partial charge in [-0.15, -0.1) is 0 Å². The monoisotopic (exact) mass is 429 g/mol. The highest BCUT2D eigenvalue weighted by atomic mass is 16.3. The molecule has 10 heteroatoms. The predicted molar refractivity (Wildman–Crippen MR) is 106 cm³/mol. The highest BCUT2D eigenvalue weighted by Crippen LogP contribution is 2.44. The van der Waals surface area contributed by atoms with Gasteiger partial charge in [-0.25, -0.2) is 0 Å². The van der Waals surface area contributed by atoms with Crippen molar-refractivity contribution in [2.24, 2.45) is 28.5 Å². The summed E-state index contributed by atoms with van der Waals surface area (Å²) in [5.74, 6) is -4.45. The number of carbonyl (C=O) groups is 3. The second-order valence-corrected chi connectivity index (χ2v) is 7.33. The largest absolute Gasteiger partial charge is 0.469 e. The first-order chi connectivity index (χ1) is 14.7. The van der Waals surface area contributed by atoms with E-state index in [9.17, 15) is 19.5 Å². The van der Waals surface area contributed by atoms with E-state index >= 15 is 0 Å². The van der Waals surface area contributed by atoms with Gasteiger partial charge in [0.2, 0.25) is 11.8 Å². The molecule has 2 unspecified atom stereocenters. The van der Waals surface area contributed by atoms with Crippen LogP contribution in [0.3, 0.4) is 0 Å². The Kier molecular flexibility index (Phi) is 6.02. The van der Waals surface area contributed by atoms with Crippen LogP contribution < -0.4 is 17.2 Å². The third-order valence-electron chi connectivity index (χ3n) is 5.52. The van der Waals surface area contributed by atoms with Gasteiger partial charge >= 0.3 is 0 Å². The third-order valence-corrected chi connectivity index (χ3v) is 5.52. The topological polar surface area (TPSA) is 189 Å². The van der Waals surface area contributed by atoms with E-state index in [0.717, 1.165) is 0 Å². The molecule has 0 bridgehead atoms. The van der Waals surface area contributed by atoms with E-state index in [1.165, 1.54) is 37.0 Å². The normalized spacial score (nSPS) is 14.6. The first kappa shape index (κ1) is 21.9. The van der Waals surface area contributed by atoms with Gasteiger partial charge in [0.05, 0.1) is 24.7 Å². The Bertz CT molecular complexity index is 989. The molecule has 3 amide bonds. The molecule has 3 aromatic rings. The van der Waals surface area contributed by atoms with E-state index in [1.54, 1.807) is 18.2 Å². The zero-order chi connectivity index (χ0) is 22.6. The van der Waals surface area contributed by atoms with E-state index in [-0.39, 0.29) is 36.5 Å². The van der Waals surface area contributed by atoms with Crippen molar-refractivity contribution < 1.29 is 32.7 Å². The Morgan fingerprint density at radius 2 is 1.26 bits per heavy atom. The molecule has 0 aromatic carbocycles. The molecule has 0 saturated carbocycles. The summed E-state index contributed by atoms with van der Waals surface area (Å²) in [4.78, 5) is 38.2. The summed E-state index contributed by atoms with van der Waals surface area (Å²) < 4.78 is 15.9. The predicted octanol–water partition coefficient (Wildman–Crippen LogP) is 0.283. The minimum atomic E-state index is -2.81. The maximum absolute atomic E-state index is 13.0. The Morgan fingerprint density at radius 1 is 0.806 bits per heavy atom. The minimum Gasteiger partial charge on any atom is -0.469 e. The summed E-state index contributed by atoms with van der Waals surface area (Å²) in [6, 6.07) is 9.28. The summed E-state index contributed by atoms with van der Waals surface area (Å²) in [7, 11) is 0. The third kappa shape index (κ3) is 3.97. The minimum absolute atomic E-state index is 0.228. The smallest absolute Gasteiger partial charge is 0.251 e. The first-order valence-electron chi connectivity index (χ1n) is 9.39. The number of furan rings is 3. The number of hydrogen-bond donors (Lipinski definition) is 4. The van der Waals surface area contributed by atoms with Crippen LogP contribution in [-0.2, 0) is 33.6 Å². The van der Waals surface area contributed by atoms with Crippen molar-refractivity contribution in [1.82, 2.24) is 0 Å². The van der Waals surface area contributed by atoms with Crippen LogP contribution in [-0.4, -0.2) is 28.4 Å². The molecule has 10 nitrogen and oxygen atoms in total. The Morgan fingerprint density at radius 3 is 1.58 bits per heavy atom. The maximum atomic E-state index is 13.0. The van der Waals surface area contributed by atoms with E-state index < -0.39 is 34.7 Å². The zero-order valence-corrected chi connectivity index (χ0v) is 16.5. The fourth-order valence-electron chi connectivity index (χ4n) is 3.94. The van der Waals surface area contributed by atoms with Crippen LogP contribution in [0, 0.1) is 11.3 Å². The number of aliphatic hydroxyl groups is 1.